The van der Waals surface area contributed by atoms with Crippen molar-refractivity contribution in [2.75, 3.05) is 6.54 Å². The number of nitrogens with one attached hydrogen (secondary N) is 2. The molecule has 0 saturated heterocycles. The van der Waals surface area contributed by atoms with Crippen LogP contribution in [-0.2, 0) is 0 Å². The zero-order chi connectivity index (χ0) is 12.0. The highest BCUT2D eigenvalue weighted by Crippen LogP contribution is 2.28. The van der Waals surface area contributed by atoms with Crippen LogP contribution < -0.4 is 10.6 Å². The first-order valence-electron chi connectivity index (χ1n) is 6.66. The molecule has 94 valence electrons. The van der Waals surface area contributed by atoms with E-state index in [2.05, 4.69) is 31.4 Å². The maximum atomic E-state index is 11.6. The summed E-state index contributed by atoms with van der Waals surface area (Å²) in [6.07, 6.45) is 5.75. The Morgan fingerprint density at radius 1 is 1.19 bits per heavy atom. The van der Waals surface area contributed by atoms with Gasteiger partial charge in [-0.25, -0.2) is 4.79 Å². The van der Waals surface area contributed by atoms with E-state index in [0.717, 1.165) is 44.1 Å². The van der Waals surface area contributed by atoms with Gasteiger partial charge in [0.05, 0.1) is 0 Å². The van der Waals surface area contributed by atoms with Crippen LogP contribution in [0.5, 0.6) is 0 Å². The Balaban J connectivity index is 2.22. The Kier molecular flexibility index (Phi) is 5.64. The van der Waals surface area contributed by atoms with Gasteiger partial charge in [-0.1, -0.05) is 27.2 Å². The second-order valence-corrected chi connectivity index (χ2v) is 5.37. The first-order valence-corrected chi connectivity index (χ1v) is 6.66. The number of carbonyl (C=O) groups is 1. The number of hydrogen-bond donors (Lipinski definition) is 2. The van der Waals surface area contributed by atoms with Gasteiger partial charge in [-0.3, -0.25) is 0 Å². The summed E-state index contributed by atoms with van der Waals surface area (Å²) in [5, 5.41) is 6.00. The van der Waals surface area contributed by atoms with Crippen molar-refractivity contribution in [1.29, 1.82) is 0 Å². The normalized spacial score (nSPS) is 29.8. The van der Waals surface area contributed by atoms with Crippen molar-refractivity contribution in [3.8, 4) is 0 Å². The lowest BCUT2D eigenvalue weighted by Crippen LogP contribution is -2.45. The molecule has 1 saturated carbocycles. The van der Waals surface area contributed by atoms with Crippen molar-refractivity contribution in [2.45, 2.75) is 58.9 Å². The minimum absolute atomic E-state index is 0.0137. The standard InChI is InChI=1S/C13H26N2O/c1-4-5-6-14-13(16)15-12-8-10(2)7-11(3)9-12/h10-12H,4-9H2,1-3H3,(H2,14,15,16). The van der Waals surface area contributed by atoms with Crippen LogP contribution in [0.4, 0.5) is 4.79 Å². The smallest absolute Gasteiger partial charge is 0.315 e. The SMILES string of the molecule is CCCCNC(=O)NC1CC(C)CC(C)C1. The lowest BCUT2D eigenvalue weighted by Gasteiger charge is -2.31. The summed E-state index contributed by atoms with van der Waals surface area (Å²) < 4.78 is 0. The second kappa shape index (κ2) is 6.77. The van der Waals surface area contributed by atoms with Gasteiger partial charge in [0.15, 0.2) is 0 Å². The Hall–Kier alpha value is -0.730. The average Bonchev–Trinajstić information content (AvgIpc) is 2.16. The fourth-order valence-electron chi connectivity index (χ4n) is 2.68. The summed E-state index contributed by atoms with van der Waals surface area (Å²) in [5.41, 5.74) is 0. The van der Waals surface area contributed by atoms with Crippen LogP contribution in [0.2, 0.25) is 0 Å². The molecule has 2 N–H and O–H groups in total. The fourth-order valence-corrected chi connectivity index (χ4v) is 2.68. The number of urea groups is 1. The predicted octanol–water partition coefficient (Wildman–Crippen LogP) is 2.91. The number of amides is 2. The highest BCUT2D eigenvalue weighted by Gasteiger charge is 2.24. The highest BCUT2D eigenvalue weighted by atomic mass is 16.2. The Bertz CT molecular complexity index is 208. The van der Waals surface area contributed by atoms with Crippen molar-refractivity contribution >= 4 is 6.03 Å². The lowest BCUT2D eigenvalue weighted by atomic mass is 9.80. The molecule has 1 aliphatic carbocycles. The molecule has 3 nitrogen and oxygen atoms in total. The maximum absolute atomic E-state index is 11.6. The zero-order valence-corrected chi connectivity index (χ0v) is 10.9. The van der Waals surface area contributed by atoms with Crippen molar-refractivity contribution in [2.24, 2.45) is 11.8 Å². The van der Waals surface area contributed by atoms with Gasteiger partial charge >= 0.3 is 6.03 Å². The molecule has 0 spiro atoms. The monoisotopic (exact) mass is 226 g/mol. The lowest BCUT2D eigenvalue weighted by molar-refractivity contribution is 0.213. The number of hydrogen-bond acceptors (Lipinski definition) is 1. The highest BCUT2D eigenvalue weighted by molar-refractivity contribution is 5.74. The molecule has 0 aliphatic heterocycles. The van der Waals surface area contributed by atoms with E-state index in [1.165, 1.54) is 6.42 Å². The average molecular weight is 226 g/mol. The molecule has 2 atom stereocenters. The fraction of sp³-hybridized carbons (Fsp3) is 0.923. The summed E-state index contributed by atoms with van der Waals surface area (Å²) in [6.45, 7) is 7.48. The quantitative estimate of drug-likeness (QED) is 0.711. The Morgan fingerprint density at radius 3 is 2.38 bits per heavy atom. The molecule has 0 aromatic carbocycles. The van der Waals surface area contributed by atoms with Crippen molar-refractivity contribution in [3.63, 3.8) is 0 Å². The molecule has 1 fully saturated rings. The maximum Gasteiger partial charge on any atom is 0.315 e. The molecule has 3 heteroatoms. The van der Waals surface area contributed by atoms with Crippen LogP contribution in [-0.4, -0.2) is 18.6 Å². The van der Waals surface area contributed by atoms with Gasteiger partial charge in [-0.15, -0.1) is 0 Å². The van der Waals surface area contributed by atoms with Crippen LogP contribution in [0.15, 0.2) is 0 Å². The Labute approximate surface area is 99.4 Å². The summed E-state index contributed by atoms with van der Waals surface area (Å²) in [5.74, 6) is 1.48. The molecule has 1 rings (SSSR count). The summed E-state index contributed by atoms with van der Waals surface area (Å²) in [4.78, 5) is 11.6. The molecular formula is C13H26N2O. The van der Waals surface area contributed by atoms with Gasteiger partial charge in [0, 0.05) is 12.6 Å². The molecule has 0 heterocycles. The summed E-state index contributed by atoms with van der Waals surface area (Å²) >= 11 is 0. The number of carbonyl (C=O) groups excluding carboxylic acids is 1. The molecule has 16 heavy (non-hydrogen) atoms. The summed E-state index contributed by atoms with van der Waals surface area (Å²) in [7, 11) is 0. The van der Waals surface area contributed by atoms with E-state index in [1.807, 2.05) is 0 Å². The summed E-state index contributed by atoms with van der Waals surface area (Å²) in [6, 6.07) is 0.389. The van der Waals surface area contributed by atoms with Crippen LogP contribution in [0.25, 0.3) is 0 Å². The predicted molar refractivity (Wildman–Crippen MR) is 67.4 cm³/mol. The van der Waals surface area contributed by atoms with E-state index in [9.17, 15) is 4.79 Å². The topological polar surface area (TPSA) is 41.1 Å². The largest absolute Gasteiger partial charge is 0.338 e. The van der Waals surface area contributed by atoms with E-state index in [1.54, 1.807) is 0 Å². The molecule has 0 aromatic heterocycles. The van der Waals surface area contributed by atoms with Gasteiger partial charge in [0.25, 0.3) is 0 Å². The van der Waals surface area contributed by atoms with Gasteiger partial charge in [-0.05, 0) is 37.5 Å². The minimum Gasteiger partial charge on any atom is -0.338 e. The van der Waals surface area contributed by atoms with Gasteiger partial charge in [0.1, 0.15) is 0 Å². The third-order valence-corrected chi connectivity index (χ3v) is 3.33. The van der Waals surface area contributed by atoms with Crippen molar-refractivity contribution in [3.05, 3.63) is 0 Å². The zero-order valence-electron chi connectivity index (χ0n) is 10.9. The van der Waals surface area contributed by atoms with E-state index in [4.69, 9.17) is 0 Å². The van der Waals surface area contributed by atoms with Crippen LogP contribution >= 0.6 is 0 Å². The van der Waals surface area contributed by atoms with Gasteiger partial charge in [0.2, 0.25) is 0 Å². The van der Waals surface area contributed by atoms with E-state index in [-0.39, 0.29) is 6.03 Å². The van der Waals surface area contributed by atoms with Crippen LogP contribution in [0.3, 0.4) is 0 Å². The molecular weight excluding hydrogens is 200 g/mol. The number of unbranched alkanes of at least 4 members (excludes halogenated alkanes) is 1. The molecule has 1 aliphatic rings. The van der Waals surface area contributed by atoms with Crippen molar-refractivity contribution in [1.82, 2.24) is 10.6 Å². The molecule has 0 aromatic rings. The van der Waals surface area contributed by atoms with E-state index in [0.29, 0.717) is 6.04 Å². The number of rotatable bonds is 4. The molecule has 2 unspecified atom stereocenters. The van der Waals surface area contributed by atoms with Crippen molar-refractivity contribution < 1.29 is 4.79 Å². The van der Waals surface area contributed by atoms with Crippen LogP contribution in [0, 0.1) is 11.8 Å². The van der Waals surface area contributed by atoms with Crippen LogP contribution in [0.1, 0.15) is 52.9 Å². The third kappa shape index (κ3) is 4.86. The first-order chi connectivity index (χ1) is 7.61. The molecule has 2 amide bonds. The molecule has 0 bridgehead atoms. The minimum atomic E-state index is 0.0137. The first kappa shape index (κ1) is 13.3. The van der Waals surface area contributed by atoms with Gasteiger partial charge in [-0.2, -0.15) is 0 Å². The Morgan fingerprint density at radius 2 is 1.81 bits per heavy atom. The third-order valence-electron chi connectivity index (χ3n) is 3.33. The second-order valence-electron chi connectivity index (χ2n) is 5.37. The molecule has 0 radical (unpaired) electrons. The van der Waals surface area contributed by atoms with Gasteiger partial charge < -0.3 is 10.6 Å². The van der Waals surface area contributed by atoms with E-state index < -0.39 is 0 Å². The van der Waals surface area contributed by atoms with E-state index >= 15 is 0 Å².